The monoisotopic (exact) mass is 1220 g/mol. The third kappa shape index (κ3) is 12.6. The van der Waals surface area contributed by atoms with Crippen LogP contribution in [-0.4, -0.2) is 224 Å². The maximum absolute atomic E-state index is 17.7. The number of amides is 1. The van der Waals surface area contributed by atoms with Gasteiger partial charge in [-0.05, 0) is 170 Å². The SMILES string of the molecule is CC[C@H]1OC(=O)[C@H](C)[C@@H](O[C@H]2C[C@@](C)(OC)[C@](O)(CNCCCCNC(=O)[C@@]3(O)[C@H](C)CC4C5CCC6=CC(=O)C=C[C@]6(C)[C@@]5(F)[C@@H](O)C[C@@]43C)[C@H](C)O2)[C@H](C)[C@@H](O[C@@H]2O[C@H](C)C[C@H](N(C)CC)[C@H]2O)[C@](C)(O)C[C@@H](C)CN(C)[C@H](C)[C@@H](O)[C@]1(C)O. The predicted molar refractivity (Wildman–Crippen MR) is 321 cm³/mol. The number of rotatable bonds is 16. The van der Waals surface area contributed by atoms with E-state index in [0.29, 0.717) is 63.7 Å². The van der Waals surface area contributed by atoms with Crippen LogP contribution in [0.15, 0.2) is 23.8 Å². The van der Waals surface area contributed by atoms with Gasteiger partial charge in [0.25, 0.3) is 5.91 Å². The van der Waals surface area contributed by atoms with Gasteiger partial charge in [-0.3, -0.25) is 14.4 Å². The summed E-state index contributed by atoms with van der Waals surface area (Å²) in [5.41, 5.74) is -12.1. The van der Waals surface area contributed by atoms with Crippen molar-refractivity contribution in [2.45, 2.75) is 268 Å². The molecule has 0 radical (unpaired) electrons. The van der Waals surface area contributed by atoms with E-state index in [4.69, 9.17) is 28.4 Å². The maximum atomic E-state index is 17.7. The number of nitrogens with zero attached hydrogens (tertiary/aromatic N) is 2. The van der Waals surface area contributed by atoms with Crippen molar-refractivity contribution in [3.05, 3.63) is 23.8 Å². The lowest BCUT2D eigenvalue weighted by molar-refractivity contribution is -0.336. The lowest BCUT2D eigenvalue weighted by Crippen LogP contribution is -2.70. The van der Waals surface area contributed by atoms with Gasteiger partial charge in [0.2, 0.25) is 0 Å². The second-order valence-corrected chi connectivity index (χ2v) is 28.9. The van der Waals surface area contributed by atoms with E-state index < -0.39 is 147 Å². The summed E-state index contributed by atoms with van der Waals surface area (Å²) in [6.45, 7) is 26.6. The molecule has 86 heavy (non-hydrogen) atoms. The molecule has 2 unspecified atom stereocenters. The topological polar surface area (TPSA) is 279 Å². The number of alkyl halides is 1. The van der Waals surface area contributed by atoms with Gasteiger partial charge in [-0.15, -0.1) is 0 Å². The largest absolute Gasteiger partial charge is 0.459 e. The van der Waals surface area contributed by atoms with Crippen LogP contribution in [0.1, 0.15) is 161 Å². The molecule has 3 saturated heterocycles. The third-order valence-electron chi connectivity index (χ3n) is 23.1. The molecule has 9 N–H and O–H groups in total. The van der Waals surface area contributed by atoms with E-state index in [0.717, 1.165) is 0 Å². The quantitative estimate of drug-likeness (QED) is 0.0760. The third-order valence-corrected chi connectivity index (χ3v) is 23.1. The number of halogens is 1. The first-order valence-corrected chi connectivity index (χ1v) is 32.2. The Hall–Kier alpha value is -2.58. The number of carbonyl (C=O) groups excluding carboxylic acids is 3. The number of ketones is 1. The molecule has 0 aromatic heterocycles. The van der Waals surface area contributed by atoms with Crippen LogP contribution in [0.5, 0.6) is 0 Å². The van der Waals surface area contributed by atoms with Crippen molar-refractivity contribution in [1.29, 1.82) is 0 Å². The number of unbranched alkanes of at least 4 members (excludes halogenated alkanes) is 1. The van der Waals surface area contributed by atoms with Crippen molar-refractivity contribution < 1.29 is 82.9 Å². The van der Waals surface area contributed by atoms with Crippen LogP contribution in [0.25, 0.3) is 0 Å². The van der Waals surface area contributed by atoms with E-state index in [9.17, 15) is 50.1 Å². The van der Waals surface area contributed by atoms with Gasteiger partial charge >= 0.3 is 5.97 Å². The molecule has 7 rings (SSSR count). The molecule has 494 valence electrons. The van der Waals surface area contributed by atoms with Crippen molar-refractivity contribution in [3.8, 4) is 0 Å². The number of likely N-dealkylation sites (N-methyl/N-ethyl adjacent to an activating group) is 2. The highest BCUT2D eigenvalue weighted by Gasteiger charge is 2.76. The second-order valence-electron chi connectivity index (χ2n) is 28.9. The molecule has 7 aliphatic rings. The molecule has 0 aromatic rings. The number of aliphatic hydroxyl groups excluding tert-OH is 3. The molecule has 1 amide bonds. The van der Waals surface area contributed by atoms with Crippen LogP contribution < -0.4 is 10.6 Å². The highest BCUT2D eigenvalue weighted by atomic mass is 19.1. The van der Waals surface area contributed by atoms with Gasteiger partial charge in [0.15, 0.2) is 29.6 Å². The normalized spacial score (nSPS) is 49.0. The van der Waals surface area contributed by atoms with Crippen LogP contribution in [0.2, 0.25) is 0 Å². The molecule has 3 aliphatic heterocycles. The molecule has 3 saturated carbocycles. The second kappa shape index (κ2) is 26.6. The van der Waals surface area contributed by atoms with Crippen molar-refractivity contribution in [2.75, 3.05) is 53.9 Å². The molecule has 20 nitrogen and oxygen atoms in total. The molecular weight excluding hydrogens is 1110 g/mol. The molecule has 0 aromatic carbocycles. The summed E-state index contributed by atoms with van der Waals surface area (Å²) in [7, 11) is 5.24. The highest BCUT2D eigenvalue weighted by Crippen LogP contribution is 2.70. The fourth-order valence-electron chi connectivity index (χ4n) is 17.3. The lowest BCUT2D eigenvalue weighted by Gasteiger charge is -2.62. The Morgan fingerprint density at radius 3 is 2.20 bits per heavy atom. The number of cyclic esters (lactones) is 1. The lowest BCUT2D eigenvalue weighted by atomic mass is 9.44. The van der Waals surface area contributed by atoms with Gasteiger partial charge in [0.1, 0.15) is 35.1 Å². The molecule has 0 bridgehead atoms. The Bertz CT molecular complexity index is 2440. The first-order valence-electron chi connectivity index (χ1n) is 32.2. The Morgan fingerprint density at radius 2 is 1.56 bits per heavy atom. The van der Waals surface area contributed by atoms with Crippen molar-refractivity contribution in [1.82, 2.24) is 20.4 Å². The number of carbonyl (C=O) groups is 3. The summed E-state index contributed by atoms with van der Waals surface area (Å²) in [5.74, 6) is -5.25. The summed E-state index contributed by atoms with van der Waals surface area (Å²) in [5, 5.41) is 91.9. The van der Waals surface area contributed by atoms with E-state index >= 15 is 4.39 Å². The van der Waals surface area contributed by atoms with Crippen molar-refractivity contribution >= 4 is 17.7 Å². The Balaban J connectivity index is 1.04. The number of hydrogen-bond acceptors (Lipinski definition) is 19. The van der Waals surface area contributed by atoms with Crippen LogP contribution in [-0.2, 0) is 42.8 Å². The number of allylic oxidation sites excluding steroid dienone is 4. The number of hydrogen-bond donors (Lipinski definition) is 9. The zero-order chi connectivity index (χ0) is 64.2. The number of fused-ring (bicyclic) bond motifs is 5. The predicted octanol–water partition coefficient (Wildman–Crippen LogP) is 4.49. The summed E-state index contributed by atoms with van der Waals surface area (Å²) in [6, 6.07) is -0.922. The van der Waals surface area contributed by atoms with Crippen LogP contribution >= 0.6 is 0 Å². The van der Waals surface area contributed by atoms with Gasteiger partial charge in [-0.1, -0.05) is 53.2 Å². The summed E-state index contributed by atoms with van der Waals surface area (Å²) in [6.07, 6.45) is -3.39. The zero-order valence-corrected chi connectivity index (χ0v) is 54.8. The van der Waals surface area contributed by atoms with Gasteiger partial charge in [0, 0.05) is 67.9 Å². The summed E-state index contributed by atoms with van der Waals surface area (Å²) >= 11 is 0. The Morgan fingerprint density at radius 1 is 0.895 bits per heavy atom. The molecule has 4 aliphatic carbocycles. The van der Waals surface area contributed by atoms with Gasteiger partial charge in [-0.25, -0.2) is 4.39 Å². The van der Waals surface area contributed by atoms with E-state index in [1.807, 2.05) is 58.5 Å². The molecule has 26 atom stereocenters. The van der Waals surface area contributed by atoms with Crippen LogP contribution in [0.4, 0.5) is 4.39 Å². The molecular formula is C65H111FN4O16. The Kier molecular flexibility index (Phi) is 21.9. The van der Waals surface area contributed by atoms with Gasteiger partial charge in [0.05, 0.1) is 42.0 Å². The highest BCUT2D eigenvalue weighted by molar-refractivity contribution is 6.01. The molecule has 0 spiro atoms. The smallest absolute Gasteiger partial charge is 0.311 e. The van der Waals surface area contributed by atoms with E-state index in [2.05, 4.69) is 10.6 Å². The van der Waals surface area contributed by atoms with Gasteiger partial charge < -0.3 is 84.6 Å². The number of esters is 1. The summed E-state index contributed by atoms with van der Waals surface area (Å²) in [4.78, 5) is 45.2. The number of nitrogens with one attached hydrogen (secondary N) is 2. The number of methoxy groups -OCH3 is 1. The number of ether oxygens (including phenoxy) is 6. The van der Waals surface area contributed by atoms with E-state index in [1.54, 1.807) is 61.5 Å². The molecule has 3 heterocycles. The maximum Gasteiger partial charge on any atom is 0.311 e. The zero-order valence-electron chi connectivity index (χ0n) is 54.8. The van der Waals surface area contributed by atoms with Crippen molar-refractivity contribution in [2.24, 2.45) is 46.3 Å². The number of aliphatic hydroxyl groups is 7. The first-order chi connectivity index (χ1) is 39.9. The van der Waals surface area contributed by atoms with Crippen molar-refractivity contribution in [3.63, 3.8) is 0 Å². The van der Waals surface area contributed by atoms with E-state index in [-0.39, 0.29) is 62.6 Å². The van der Waals surface area contributed by atoms with Crippen LogP contribution in [0, 0.1) is 46.3 Å². The standard InChI is InChI=1S/C65H111FN4O16/c1-18-49-62(14,78)53(74)41(8)70(16)34-36(3)31-60(12,77)54(86-56-51(73)47(69(15)19-2)29-38(5)82-56)39(6)52(40(7)55(75)84-49)85-50-33-61(13,81-17)63(79,42(9)83-50)35-67-26-20-21-27-68-57(76)65(80)37(4)28-46-45-23-22-43-30-44(71)24-25-58(43,10)64(45,66)48(72)32-59(46,65)11/h24-25,30,36-42,45-54,56,67,72-74,77-80H,18-23,26-29,31-35H2,1-17H3,(H,68,76)/t36-,37-,38-,39+,40-,41-,42+,45?,46?,47+,48+,49-,50+,51-,52+,53-,54-,56+,58+,59+,60-,61-,62-,63+,64+,65+/m1/s1. The van der Waals surface area contributed by atoms with E-state index in [1.165, 1.54) is 26.2 Å². The minimum absolute atomic E-state index is 0.0183. The minimum Gasteiger partial charge on any atom is -0.459 e. The van der Waals surface area contributed by atoms with Gasteiger partial charge in [-0.2, -0.15) is 0 Å². The molecule has 21 heteroatoms. The Labute approximate surface area is 511 Å². The average molecular weight is 1220 g/mol. The summed E-state index contributed by atoms with van der Waals surface area (Å²) < 4.78 is 56.9. The minimum atomic E-state index is -2.08. The average Bonchev–Trinajstić information content (AvgIpc) is 1.34. The molecule has 6 fully saturated rings. The van der Waals surface area contributed by atoms with Crippen LogP contribution in [0.3, 0.4) is 0 Å². The fraction of sp³-hybridized carbons (Fsp3) is 0.892. The first kappa shape index (κ1) is 70.9. The fourth-order valence-corrected chi connectivity index (χ4v) is 17.3.